The molecule has 0 bridgehead atoms. The molecule has 0 amide bonds. The van der Waals surface area contributed by atoms with Crippen LogP contribution in [0.5, 0.6) is 0 Å². The van der Waals surface area contributed by atoms with Crippen molar-refractivity contribution in [3.63, 3.8) is 0 Å². The molecule has 0 aliphatic carbocycles. The Kier molecular flexibility index (Phi) is 5.56. The summed E-state index contributed by atoms with van der Waals surface area (Å²) < 4.78 is 0. The number of nitrogens with one attached hydrogen (secondary N) is 1. The van der Waals surface area contributed by atoms with E-state index in [0.29, 0.717) is 0 Å². The average Bonchev–Trinajstić information content (AvgIpc) is 2.61. The van der Waals surface area contributed by atoms with Crippen LogP contribution in [0, 0.1) is 0 Å². The molecule has 0 fully saturated rings. The van der Waals surface area contributed by atoms with Gasteiger partial charge in [0.2, 0.25) is 0 Å². The van der Waals surface area contributed by atoms with E-state index >= 15 is 0 Å². The topological polar surface area (TPSA) is 45.8 Å². The SMILES string of the molecule is O=c1[nH]ncc(SCc2ccccc2)c1SCc1ccccc1. The van der Waals surface area contributed by atoms with Crippen LogP contribution < -0.4 is 5.56 Å². The third-order valence-electron chi connectivity index (χ3n) is 3.24. The monoisotopic (exact) mass is 340 g/mol. The van der Waals surface area contributed by atoms with Crippen LogP contribution in [0.2, 0.25) is 0 Å². The van der Waals surface area contributed by atoms with E-state index in [0.717, 1.165) is 21.3 Å². The number of thioether (sulfide) groups is 2. The quantitative estimate of drug-likeness (QED) is 0.678. The number of aromatic amines is 1. The Morgan fingerprint density at radius 3 is 2.00 bits per heavy atom. The smallest absolute Gasteiger partial charge is 0.267 e. The van der Waals surface area contributed by atoms with Gasteiger partial charge in [0.1, 0.15) is 0 Å². The zero-order valence-corrected chi connectivity index (χ0v) is 14.1. The summed E-state index contributed by atoms with van der Waals surface area (Å²) in [6.07, 6.45) is 1.74. The second-order valence-corrected chi connectivity index (χ2v) is 6.94. The van der Waals surface area contributed by atoms with E-state index in [1.807, 2.05) is 36.4 Å². The van der Waals surface area contributed by atoms with E-state index in [4.69, 9.17) is 0 Å². The lowest BCUT2D eigenvalue weighted by atomic mass is 10.2. The van der Waals surface area contributed by atoms with Gasteiger partial charge >= 0.3 is 0 Å². The minimum Gasteiger partial charge on any atom is -0.267 e. The Balaban J connectivity index is 1.73. The maximum atomic E-state index is 12.1. The van der Waals surface area contributed by atoms with Gasteiger partial charge in [-0.2, -0.15) is 5.10 Å². The van der Waals surface area contributed by atoms with Crippen molar-refractivity contribution in [2.75, 3.05) is 0 Å². The second kappa shape index (κ2) is 8.04. The molecule has 3 nitrogen and oxygen atoms in total. The molecule has 2 aromatic carbocycles. The van der Waals surface area contributed by atoms with Gasteiger partial charge in [-0.05, 0) is 11.1 Å². The number of nitrogens with zero attached hydrogens (tertiary/aromatic N) is 1. The van der Waals surface area contributed by atoms with Crippen molar-refractivity contribution in [2.24, 2.45) is 0 Å². The summed E-state index contributed by atoms with van der Waals surface area (Å²) in [5.41, 5.74) is 2.31. The summed E-state index contributed by atoms with van der Waals surface area (Å²) in [7, 11) is 0. The van der Waals surface area contributed by atoms with E-state index in [1.165, 1.54) is 11.1 Å². The molecule has 0 aliphatic rings. The molecular formula is C18H16N2OS2. The lowest BCUT2D eigenvalue weighted by molar-refractivity contribution is 0.896. The Bertz CT molecular complexity index is 804. The van der Waals surface area contributed by atoms with Crippen LogP contribution in [-0.4, -0.2) is 10.2 Å². The molecule has 0 atom stereocenters. The number of hydrogen-bond acceptors (Lipinski definition) is 4. The molecule has 0 saturated heterocycles. The predicted octanol–water partition coefficient (Wildman–Crippen LogP) is 4.35. The van der Waals surface area contributed by atoms with Gasteiger partial charge in [-0.3, -0.25) is 4.79 Å². The highest BCUT2D eigenvalue weighted by atomic mass is 32.2. The van der Waals surface area contributed by atoms with Crippen molar-refractivity contribution in [1.29, 1.82) is 0 Å². The lowest BCUT2D eigenvalue weighted by Gasteiger charge is -2.07. The molecule has 3 rings (SSSR count). The van der Waals surface area contributed by atoms with Gasteiger partial charge in [0.25, 0.3) is 5.56 Å². The number of rotatable bonds is 6. The molecule has 0 unspecified atom stereocenters. The summed E-state index contributed by atoms with van der Waals surface area (Å²) in [4.78, 5) is 13.8. The summed E-state index contributed by atoms with van der Waals surface area (Å²) in [5.74, 6) is 1.59. The lowest BCUT2D eigenvalue weighted by Crippen LogP contribution is -2.11. The third kappa shape index (κ3) is 4.50. The fourth-order valence-corrected chi connectivity index (χ4v) is 4.17. The standard InChI is InChI=1S/C18H16N2OS2/c21-18-17(23-13-15-9-5-2-6-10-15)16(11-19-20-18)22-12-14-7-3-1-4-8-14/h1-11H,12-13H2,(H,20,21). The normalized spacial score (nSPS) is 10.6. The van der Waals surface area contributed by atoms with Gasteiger partial charge in [-0.15, -0.1) is 23.5 Å². The van der Waals surface area contributed by atoms with Crippen LogP contribution in [0.1, 0.15) is 11.1 Å². The first-order valence-electron chi connectivity index (χ1n) is 7.24. The molecule has 23 heavy (non-hydrogen) atoms. The van der Waals surface area contributed by atoms with Crippen LogP contribution >= 0.6 is 23.5 Å². The van der Waals surface area contributed by atoms with Crippen LogP contribution in [0.3, 0.4) is 0 Å². The minimum absolute atomic E-state index is 0.121. The molecule has 0 aliphatic heterocycles. The van der Waals surface area contributed by atoms with Gasteiger partial charge in [0.15, 0.2) is 0 Å². The molecule has 1 heterocycles. The van der Waals surface area contributed by atoms with Crippen molar-refractivity contribution in [2.45, 2.75) is 21.3 Å². The van der Waals surface area contributed by atoms with E-state index in [1.54, 1.807) is 29.7 Å². The highest BCUT2D eigenvalue weighted by Crippen LogP contribution is 2.31. The Labute approximate surface area is 143 Å². The number of H-pyrrole nitrogens is 1. The van der Waals surface area contributed by atoms with Crippen molar-refractivity contribution >= 4 is 23.5 Å². The summed E-state index contributed by atoms with van der Waals surface area (Å²) in [6, 6.07) is 20.4. The van der Waals surface area contributed by atoms with Crippen LogP contribution in [-0.2, 0) is 11.5 Å². The van der Waals surface area contributed by atoms with Gasteiger partial charge in [-0.1, -0.05) is 60.7 Å². The minimum atomic E-state index is -0.121. The fourth-order valence-electron chi connectivity index (χ4n) is 2.08. The predicted molar refractivity (Wildman–Crippen MR) is 96.9 cm³/mol. The zero-order valence-electron chi connectivity index (χ0n) is 12.4. The molecule has 1 aromatic heterocycles. The van der Waals surface area contributed by atoms with Gasteiger partial charge in [0.05, 0.1) is 11.1 Å². The number of hydrogen-bond donors (Lipinski definition) is 1. The first-order valence-corrected chi connectivity index (χ1v) is 9.21. The molecule has 0 spiro atoms. The maximum absolute atomic E-state index is 12.1. The van der Waals surface area contributed by atoms with Crippen molar-refractivity contribution in [3.8, 4) is 0 Å². The van der Waals surface area contributed by atoms with Crippen LogP contribution in [0.15, 0.2) is 81.4 Å². The average molecular weight is 340 g/mol. The van der Waals surface area contributed by atoms with Gasteiger partial charge in [0, 0.05) is 16.4 Å². The van der Waals surface area contributed by atoms with Crippen LogP contribution in [0.25, 0.3) is 0 Å². The molecule has 0 saturated carbocycles. The summed E-state index contributed by atoms with van der Waals surface area (Å²) in [5, 5.41) is 6.48. The van der Waals surface area contributed by atoms with Gasteiger partial charge < -0.3 is 0 Å². The Hall–Kier alpha value is -1.98. The second-order valence-electron chi connectivity index (χ2n) is 4.94. The van der Waals surface area contributed by atoms with E-state index in [2.05, 4.69) is 34.5 Å². The van der Waals surface area contributed by atoms with Crippen LogP contribution in [0.4, 0.5) is 0 Å². The van der Waals surface area contributed by atoms with Gasteiger partial charge in [-0.25, -0.2) is 5.10 Å². The van der Waals surface area contributed by atoms with Crippen molar-refractivity contribution < 1.29 is 0 Å². The highest BCUT2D eigenvalue weighted by molar-refractivity contribution is 8.01. The molecule has 1 N–H and O–H groups in total. The van der Waals surface area contributed by atoms with Crippen molar-refractivity contribution in [3.05, 3.63) is 88.3 Å². The highest BCUT2D eigenvalue weighted by Gasteiger charge is 2.10. The molecule has 116 valence electrons. The summed E-state index contributed by atoms with van der Waals surface area (Å²) in [6.45, 7) is 0. The zero-order chi connectivity index (χ0) is 15.9. The van der Waals surface area contributed by atoms with E-state index < -0.39 is 0 Å². The molecule has 5 heteroatoms. The maximum Gasteiger partial charge on any atom is 0.278 e. The Morgan fingerprint density at radius 2 is 1.39 bits per heavy atom. The van der Waals surface area contributed by atoms with Crippen molar-refractivity contribution in [1.82, 2.24) is 10.2 Å². The van der Waals surface area contributed by atoms with E-state index in [-0.39, 0.29) is 5.56 Å². The first kappa shape index (κ1) is 15.9. The Morgan fingerprint density at radius 1 is 0.826 bits per heavy atom. The third-order valence-corrected chi connectivity index (χ3v) is 5.64. The summed E-state index contributed by atoms with van der Waals surface area (Å²) >= 11 is 3.20. The van der Waals surface area contributed by atoms with E-state index in [9.17, 15) is 4.79 Å². The first-order chi connectivity index (χ1) is 11.3. The number of benzene rings is 2. The molecule has 3 aromatic rings. The molecule has 0 radical (unpaired) electrons. The molecular weight excluding hydrogens is 324 g/mol. The number of aromatic nitrogens is 2. The largest absolute Gasteiger partial charge is 0.278 e. The fraction of sp³-hybridized carbons (Fsp3) is 0.111.